The minimum Gasteiger partial charge on any atom is -0.469 e. The van der Waals surface area contributed by atoms with E-state index in [0.29, 0.717) is 30.1 Å². The molecule has 0 amide bonds. The highest BCUT2D eigenvalue weighted by molar-refractivity contribution is 6.31. The number of rotatable bonds is 6. The van der Waals surface area contributed by atoms with Gasteiger partial charge in [-0.1, -0.05) is 25.4 Å². The number of ether oxygens (including phenoxy) is 1. The van der Waals surface area contributed by atoms with Crippen molar-refractivity contribution in [2.75, 3.05) is 0 Å². The molecule has 0 spiro atoms. The molecule has 19 heavy (non-hydrogen) atoms. The second kappa shape index (κ2) is 6.59. The minimum absolute atomic E-state index is 0.360. The molecule has 102 valence electrons. The van der Waals surface area contributed by atoms with Gasteiger partial charge in [0.1, 0.15) is 12.4 Å². The van der Waals surface area contributed by atoms with E-state index in [9.17, 15) is 0 Å². The summed E-state index contributed by atoms with van der Waals surface area (Å²) in [5.41, 5.74) is 0.785. The maximum atomic E-state index is 6.10. The van der Waals surface area contributed by atoms with Crippen LogP contribution in [0.25, 0.3) is 0 Å². The lowest BCUT2D eigenvalue weighted by Gasteiger charge is -2.10. The first-order valence-corrected chi connectivity index (χ1v) is 6.57. The van der Waals surface area contributed by atoms with Gasteiger partial charge in [0.05, 0.1) is 17.0 Å². The summed E-state index contributed by atoms with van der Waals surface area (Å²) in [6.45, 7) is 5.13. The molecule has 0 radical (unpaired) electrons. The third-order valence-corrected chi connectivity index (χ3v) is 2.86. The molecule has 4 nitrogen and oxygen atoms in total. The highest BCUT2D eigenvalue weighted by Gasteiger charge is 2.06. The van der Waals surface area contributed by atoms with Gasteiger partial charge in [0, 0.05) is 18.7 Å². The van der Waals surface area contributed by atoms with Crippen LogP contribution in [0.5, 0.6) is 5.88 Å². The standard InChI is InChI=1S/C14H17ClN2O2/c1-10(2)16-8-13-12(15)5-6-14(17-13)19-9-11-4-3-7-18-11/h3-7,10,16H,8-9H2,1-2H3. The molecule has 1 N–H and O–H groups in total. The quantitative estimate of drug-likeness (QED) is 0.881. The lowest BCUT2D eigenvalue weighted by atomic mass is 10.3. The predicted molar refractivity (Wildman–Crippen MR) is 74.3 cm³/mol. The summed E-state index contributed by atoms with van der Waals surface area (Å²) in [6, 6.07) is 7.61. The van der Waals surface area contributed by atoms with Gasteiger partial charge in [-0.05, 0) is 18.2 Å². The number of nitrogens with zero attached hydrogens (tertiary/aromatic N) is 1. The van der Waals surface area contributed by atoms with E-state index < -0.39 is 0 Å². The zero-order valence-corrected chi connectivity index (χ0v) is 11.8. The Balaban J connectivity index is 1.99. The van der Waals surface area contributed by atoms with Gasteiger partial charge in [0.25, 0.3) is 0 Å². The van der Waals surface area contributed by atoms with E-state index >= 15 is 0 Å². The van der Waals surface area contributed by atoms with Crippen LogP contribution in [0, 0.1) is 0 Å². The van der Waals surface area contributed by atoms with Crippen LogP contribution in [-0.2, 0) is 13.2 Å². The van der Waals surface area contributed by atoms with Crippen molar-refractivity contribution in [3.63, 3.8) is 0 Å². The van der Waals surface area contributed by atoms with Gasteiger partial charge in [-0.3, -0.25) is 0 Å². The first kappa shape index (κ1) is 13.9. The topological polar surface area (TPSA) is 47.3 Å². The Morgan fingerprint density at radius 2 is 2.21 bits per heavy atom. The summed E-state index contributed by atoms with van der Waals surface area (Å²) in [5, 5.41) is 3.92. The van der Waals surface area contributed by atoms with Crippen molar-refractivity contribution >= 4 is 11.6 Å². The molecule has 0 aliphatic carbocycles. The molecule has 5 heteroatoms. The molecular weight excluding hydrogens is 264 g/mol. The maximum absolute atomic E-state index is 6.10. The number of pyridine rings is 1. The predicted octanol–water partition coefficient (Wildman–Crippen LogP) is 3.41. The molecule has 2 rings (SSSR count). The Morgan fingerprint density at radius 1 is 1.37 bits per heavy atom. The first-order valence-electron chi connectivity index (χ1n) is 6.19. The molecule has 0 saturated carbocycles. The fourth-order valence-corrected chi connectivity index (χ4v) is 1.68. The van der Waals surface area contributed by atoms with Crippen LogP contribution in [0.3, 0.4) is 0 Å². The van der Waals surface area contributed by atoms with Crippen LogP contribution in [0.4, 0.5) is 0 Å². The van der Waals surface area contributed by atoms with Crippen LogP contribution in [0.2, 0.25) is 5.02 Å². The van der Waals surface area contributed by atoms with Gasteiger partial charge in [0.15, 0.2) is 0 Å². The number of furan rings is 1. The van der Waals surface area contributed by atoms with Gasteiger partial charge in [-0.2, -0.15) is 0 Å². The summed E-state index contributed by atoms with van der Waals surface area (Å²) in [4.78, 5) is 4.39. The number of halogens is 1. The Labute approximate surface area is 117 Å². The Hall–Kier alpha value is -1.52. The molecular formula is C14H17ClN2O2. The maximum Gasteiger partial charge on any atom is 0.214 e. The fourth-order valence-electron chi connectivity index (χ4n) is 1.51. The van der Waals surface area contributed by atoms with Crippen LogP contribution < -0.4 is 10.1 Å². The molecule has 0 aliphatic rings. The van der Waals surface area contributed by atoms with Crippen molar-refractivity contribution in [1.29, 1.82) is 0 Å². The SMILES string of the molecule is CC(C)NCc1nc(OCc2ccco2)ccc1Cl. The molecule has 0 unspecified atom stereocenters. The van der Waals surface area contributed by atoms with Gasteiger partial charge in [-0.25, -0.2) is 4.98 Å². The number of hydrogen-bond acceptors (Lipinski definition) is 4. The molecule has 2 aromatic rings. The molecule has 0 fully saturated rings. The summed E-state index contributed by atoms with van der Waals surface area (Å²) in [6.07, 6.45) is 1.62. The molecule has 2 heterocycles. The van der Waals surface area contributed by atoms with Gasteiger partial charge >= 0.3 is 0 Å². The van der Waals surface area contributed by atoms with E-state index in [4.69, 9.17) is 20.8 Å². The monoisotopic (exact) mass is 280 g/mol. The zero-order valence-electron chi connectivity index (χ0n) is 11.0. The minimum atomic E-state index is 0.360. The summed E-state index contributed by atoms with van der Waals surface area (Å²) in [5.74, 6) is 1.31. The Kier molecular flexibility index (Phi) is 4.82. The fraction of sp³-hybridized carbons (Fsp3) is 0.357. The normalized spacial score (nSPS) is 10.9. The second-order valence-corrected chi connectivity index (χ2v) is 4.89. The van der Waals surface area contributed by atoms with Crippen molar-refractivity contribution in [2.24, 2.45) is 0 Å². The van der Waals surface area contributed by atoms with E-state index in [-0.39, 0.29) is 0 Å². The van der Waals surface area contributed by atoms with Crippen molar-refractivity contribution in [3.05, 3.63) is 47.0 Å². The van der Waals surface area contributed by atoms with Crippen LogP contribution >= 0.6 is 11.6 Å². The van der Waals surface area contributed by atoms with Crippen molar-refractivity contribution in [3.8, 4) is 5.88 Å². The van der Waals surface area contributed by atoms with E-state index in [0.717, 1.165) is 11.5 Å². The first-order chi connectivity index (χ1) is 9.15. The molecule has 0 aromatic carbocycles. The van der Waals surface area contributed by atoms with Crippen molar-refractivity contribution in [2.45, 2.75) is 33.0 Å². The number of nitrogens with one attached hydrogen (secondary N) is 1. The van der Waals surface area contributed by atoms with Crippen LogP contribution in [-0.4, -0.2) is 11.0 Å². The zero-order chi connectivity index (χ0) is 13.7. The summed E-state index contributed by atoms with van der Waals surface area (Å²) in [7, 11) is 0. The number of aromatic nitrogens is 1. The lowest BCUT2D eigenvalue weighted by Crippen LogP contribution is -2.22. The smallest absolute Gasteiger partial charge is 0.214 e. The Bertz CT molecular complexity index is 512. The average molecular weight is 281 g/mol. The molecule has 0 aliphatic heterocycles. The molecule has 0 saturated heterocycles. The van der Waals surface area contributed by atoms with Crippen LogP contribution in [0.1, 0.15) is 25.3 Å². The van der Waals surface area contributed by atoms with E-state index in [1.807, 2.05) is 12.1 Å². The van der Waals surface area contributed by atoms with Crippen molar-refractivity contribution < 1.29 is 9.15 Å². The second-order valence-electron chi connectivity index (χ2n) is 4.48. The summed E-state index contributed by atoms with van der Waals surface area (Å²) < 4.78 is 10.8. The van der Waals surface area contributed by atoms with Crippen LogP contribution in [0.15, 0.2) is 34.9 Å². The molecule has 2 aromatic heterocycles. The largest absolute Gasteiger partial charge is 0.469 e. The average Bonchev–Trinajstić information content (AvgIpc) is 2.89. The van der Waals surface area contributed by atoms with E-state index in [1.54, 1.807) is 18.4 Å². The molecule has 0 atom stereocenters. The van der Waals surface area contributed by atoms with Gasteiger partial charge in [-0.15, -0.1) is 0 Å². The van der Waals surface area contributed by atoms with Crippen molar-refractivity contribution in [1.82, 2.24) is 10.3 Å². The van der Waals surface area contributed by atoms with E-state index in [2.05, 4.69) is 24.1 Å². The Morgan fingerprint density at radius 3 is 2.89 bits per heavy atom. The highest BCUT2D eigenvalue weighted by Crippen LogP contribution is 2.19. The lowest BCUT2D eigenvalue weighted by molar-refractivity contribution is 0.260. The molecule has 0 bridgehead atoms. The number of hydrogen-bond donors (Lipinski definition) is 1. The van der Waals surface area contributed by atoms with Gasteiger partial charge < -0.3 is 14.5 Å². The third-order valence-electron chi connectivity index (χ3n) is 2.51. The highest BCUT2D eigenvalue weighted by atomic mass is 35.5. The third kappa shape index (κ3) is 4.26. The summed E-state index contributed by atoms with van der Waals surface area (Å²) >= 11 is 6.10. The van der Waals surface area contributed by atoms with E-state index in [1.165, 1.54) is 0 Å². The van der Waals surface area contributed by atoms with Gasteiger partial charge in [0.2, 0.25) is 5.88 Å².